The maximum Gasteiger partial charge on any atom is 0.255 e. The van der Waals surface area contributed by atoms with Crippen molar-refractivity contribution in [1.29, 1.82) is 0 Å². The number of rotatable bonds is 3. The van der Waals surface area contributed by atoms with Gasteiger partial charge in [0.25, 0.3) is 5.91 Å². The lowest BCUT2D eigenvalue weighted by molar-refractivity contribution is 0.0667. The largest absolute Gasteiger partial charge is 0.384 e. The molecule has 0 saturated carbocycles. The third-order valence-electron chi connectivity index (χ3n) is 3.52. The van der Waals surface area contributed by atoms with Gasteiger partial charge in [-0.15, -0.1) is 0 Å². The lowest BCUT2D eigenvalue weighted by Gasteiger charge is -2.23. The van der Waals surface area contributed by atoms with Gasteiger partial charge in [-0.2, -0.15) is 16.4 Å². The average molecular weight is 291 g/mol. The number of amides is 1. The Kier molecular flexibility index (Phi) is 3.84. The minimum Gasteiger partial charge on any atom is -0.384 e. The lowest BCUT2D eigenvalue weighted by Crippen LogP contribution is -2.35. The van der Waals surface area contributed by atoms with Gasteiger partial charge in [-0.05, 0) is 17.5 Å². The maximum atomic E-state index is 12.6. The first-order valence-electron chi connectivity index (χ1n) is 6.59. The van der Waals surface area contributed by atoms with Gasteiger partial charge in [0.1, 0.15) is 0 Å². The fourth-order valence-electron chi connectivity index (χ4n) is 2.60. The van der Waals surface area contributed by atoms with Crippen LogP contribution in [0.5, 0.6) is 0 Å². The summed E-state index contributed by atoms with van der Waals surface area (Å²) in [7, 11) is 1.69. The predicted molar refractivity (Wildman–Crippen MR) is 76.7 cm³/mol. The molecule has 1 aliphatic heterocycles. The molecule has 1 amide bonds. The van der Waals surface area contributed by atoms with Crippen LogP contribution in [0.15, 0.2) is 29.1 Å². The third kappa shape index (κ3) is 2.62. The Labute approximate surface area is 121 Å². The van der Waals surface area contributed by atoms with Gasteiger partial charge in [-0.3, -0.25) is 9.48 Å². The highest BCUT2D eigenvalue weighted by Crippen LogP contribution is 2.19. The van der Waals surface area contributed by atoms with Gasteiger partial charge < -0.3 is 9.64 Å². The van der Waals surface area contributed by atoms with Crippen molar-refractivity contribution >= 4 is 17.2 Å². The van der Waals surface area contributed by atoms with Crippen molar-refractivity contribution in [2.24, 2.45) is 5.92 Å². The topological polar surface area (TPSA) is 47.4 Å². The van der Waals surface area contributed by atoms with E-state index in [1.165, 1.54) is 0 Å². The molecule has 0 spiro atoms. The molecule has 0 N–H and O–H groups in total. The molecule has 0 saturated heterocycles. The number of hydrogen-bond donors (Lipinski definition) is 0. The Bertz CT molecular complexity index is 579. The highest BCUT2D eigenvalue weighted by molar-refractivity contribution is 7.08. The normalized spacial score (nSPS) is 18.6. The molecule has 0 bridgehead atoms. The van der Waals surface area contributed by atoms with Crippen LogP contribution < -0.4 is 0 Å². The molecule has 20 heavy (non-hydrogen) atoms. The molecular weight excluding hydrogens is 274 g/mol. The van der Waals surface area contributed by atoms with E-state index in [-0.39, 0.29) is 11.8 Å². The summed E-state index contributed by atoms with van der Waals surface area (Å²) in [4.78, 5) is 14.5. The number of aromatic nitrogens is 2. The van der Waals surface area contributed by atoms with Crippen LogP contribution in [-0.2, 0) is 17.8 Å². The van der Waals surface area contributed by atoms with Crippen molar-refractivity contribution in [3.63, 3.8) is 0 Å². The van der Waals surface area contributed by atoms with E-state index in [0.717, 1.165) is 17.8 Å². The second-order valence-corrected chi connectivity index (χ2v) is 5.80. The quantitative estimate of drug-likeness (QED) is 0.867. The van der Waals surface area contributed by atoms with Crippen LogP contribution in [0.4, 0.5) is 0 Å². The van der Waals surface area contributed by atoms with Crippen molar-refractivity contribution in [2.75, 3.05) is 20.3 Å². The van der Waals surface area contributed by atoms with Crippen LogP contribution in [-0.4, -0.2) is 40.8 Å². The first-order valence-corrected chi connectivity index (χ1v) is 7.53. The zero-order valence-corrected chi connectivity index (χ0v) is 12.2. The van der Waals surface area contributed by atoms with Gasteiger partial charge in [0.15, 0.2) is 0 Å². The van der Waals surface area contributed by atoms with Gasteiger partial charge in [0, 0.05) is 37.7 Å². The summed E-state index contributed by atoms with van der Waals surface area (Å²) in [6, 6.07) is 3.85. The van der Waals surface area contributed by atoms with Crippen LogP contribution >= 0.6 is 11.3 Å². The van der Waals surface area contributed by atoms with E-state index in [0.29, 0.717) is 19.7 Å². The second kappa shape index (κ2) is 5.76. The molecule has 1 aliphatic rings. The molecule has 3 heterocycles. The number of ether oxygens (including phenoxy) is 1. The molecule has 3 rings (SSSR count). The van der Waals surface area contributed by atoms with E-state index in [1.807, 2.05) is 32.5 Å². The number of carbonyl (C=O) groups excluding carboxylic acids is 1. The number of fused-ring (bicyclic) bond motifs is 1. The van der Waals surface area contributed by atoms with Gasteiger partial charge >= 0.3 is 0 Å². The van der Waals surface area contributed by atoms with E-state index in [9.17, 15) is 4.79 Å². The van der Waals surface area contributed by atoms with Crippen LogP contribution in [0.1, 0.15) is 16.1 Å². The smallest absolute Gasteiger partial charge is 0.255 e. The SMILES string of the molecule is COC[C@@H]1CN(C(=O)c2ccsc2)Cc2ccnn2C1. The molecule has 0 unspecified atom stereocenters. The summed E-state index contributed by atoms with van der Waals surface area (Å²) in [5.74, 6) is 0.353. The third-order valence-corrected chi connectivity index (χ3v) is 4.21. The number of hydrogen-bond acceptors (Lipinski definition) is 4. The number of nitrogens with zero attached hydrogens (tertiary/aromatic N) is 3. The number of methoxy groups -OCH3 is 1. The van der Waals surface area contributed by atoms with E-state index in [2.05, 4.69) is 5.10 Å². The zero-order valence-electron chi connectivity index (χ0n) is 11.4. The molecule has 5 nitrogen and oxygen atoms in total. The van der Waals surface area contributed by atoms with Crippen LogP contribution in [0.25, 0.3) is 0 Å². The van der Waals surface area contributed by atoms with E-state index in [4.69, 9.17) is 4.74 Å². The lowest BCUT2D eigenvalue weighted by atomic mass is 10.1. The summed E-state index contributed by atoms with van der Waals surface area (Å²) < 4.78 is 7.25. The molecule has 6 heteroatoms. The molecule has 0 aromatic carbocycles. The van der Waals surface area contributed by atoms with Gasteiger partial charge in [0.05, 0.1) is 24.4 Å². The molecular formula is C14H17N3O2S. The summed E-state index contributed by atoms with van der Waals surface area (Å²) in [6.07, 6.45) is 1.79. The van der Waals surface area contributed by atoms with Crippen LogP contribution in [0.2, 0.25) is 0 Å². The fraction of sp³-hybridized carbons (Fsp3) is 0.429. The van der Waals surface area contributed by atoms with Crippen LogP contribution in [0.3, 0.4) is 0 Å². The monoisotopic (exact) mass is 291 g/mol. The maximum absolute atomic E-state index is 12.6. The predicted octanol–water partition coefficient (Wildman–Crippen LogP) is 1.86. The highest BCUT2D eigenvalue weighted by Gasteiger charge is 2.26. The van der Waals surface area contributed by atoms with Crippen molar-refractivity contribution in [1.82, 2.24) is 14.7 Å². The molecule has 106 valence electrons. The first kappa shape index (κ1) is 13.3. The molecule has 2 aromatic rings. The molecule has 2 aromatic heterocycles. The minimum atomic E-state index is 0.0852. The zero-order chi connectivity index (χ0) is 13.9. The van der Waals surface area contributed by atoms with E-state index < -0.39 is 0 Å². The summed E-state index contributed by atoms with van der Waals surface area (Å²) >= 11 is 1.55. The van der Waals surface area contributed by atoms with Crippen molar-refractivity contribution in [3.05, 3.63) is 40.3 Å². The van der Waals surface area contributed by atoms with E-state index in [1.54, 1.807) is 24.6 Å². The number of thiophene rings is 1. The number of carbonyl (C=O) groups is 1. The fourth-order valence-corrected chi connectivity index (χ4v) is 3.23. The summed E-state index contributed by atoms with van der Waals surface area (Å²) in [6.45, 7) is 2.73. The summed E-state index contributed by atoms with van der Waals surface area (Å²) in [5.41, 5.74) is 1.84. The minimum absolute atomic E-state index is 0.0852. The standard InChI is InChI=1S/C14H17N3O2S/c1-19-9-11-6-16(14(18)12-3-5-20-10-12)8-13-2-4-15-17(13)7-11/h2-5,10-11H,6-9H2,1H3/t11-/m1/s1. The highest BCUT2D eigenvalue weighted by atomic mass is 32.1. The summed E-state index contributed by atoms with van der Waals surface area (Å²) in [5, 5.41) is 8.16. The molecule has 0 aliphatic carbocycles. The van der Waals surface area contributed by atoms with E-state index >= 15 is 0 Å². The Morgan fingerprint density at radius 2 is 2.40 bits per heavy atom. The molecule has 0 fully saturated rings. The average Bonchev–Trinajstić information content (AvgIpc) is 3.07. The van der Waals surface area contributed by atoms with Gasteiger partial charge in [-0.25, -0.2) is 0 Å². The Balaban J connectivity index is 1.85. The Hall–Kier alpha value is -1.66. The Morgan fingerprint density at radius 3 is 3.15 bits per heavy atom. The van der Waals surface area contributed by atoms with Crippen molar-refractivity contribution < 1.29 is 9.53 Å². The molecule has 0 radical (unpaired) electrons. The van der Waals surface area contributed by atoms with Crippen LogP contribution in [0, 0.1) is 5.92 Å². The Morgan fingerprint density at radius 1 is 1.50 bits per heavy atom. The van der Waals surface area contributed by atoms with Gasteiger partial charge in [-0.1, -0.05) is 0 Å². The second-order valence-electron chi connectivity index (χ2n) is 5.02. The van der Waals surface area contributed by atoms with Crippen molar-refractivity contribution in [3.8, 4) is 0 Å². The van der Waals surface area contributed by atoms with Gasteiger partial charge in [0.2, 0.25) is 0 Å². The molecule has 1 atom stereocenters. The first-order chi connectivity index (χ1) is 9.78. The van der Waals surface area contributed by atoms with Crippen molar-refractivity contribution in [2.45, 2.75) is 13.1 Å².